The van der Waals surface area contributed by atoms with Gasteiger partial charge in [0.2, 0.25) is 5.91 Å². The summed E-state index contributed by atoms with van der Waals surface area (Å²) in [6.45, 7) is 16.5. The molecule has 2 aromatic rings. The zero-order valence-electron chi connectivity index (χ0n) is 18.1. The van der Waals surface area contributed by atoms with Gasteiger partial charge in [0.1, 0.15) is 0 Å². The van der Waals surface area contributed by atoms with E-state index in [2.05, 4.69) is 101 Å². The minimum Gasteiger partial charge on any atom is -0.345 e. The minimum atomic E-state index is -0.00437. The van der Waals surface area contributed by atoms with Crippen LogP contribution in [0.25, 0.3) is 0 Å². The molecule has 0 bridgehead atoms. The first-order chi connectivity index (χ1) is 12.6. The molecule has 0 saturated heterocycles. The lowest BCUT2D eigenvalue weighted by Crippen LogP contribution is -2.42. The number of rotatable bonds is 7. The first-order valence-corrected chi connectivity index (χ1v) is 10.1. The van der Waals surface area contributed by atoms with Crippen LogP contribution >= 0.6 is 0 Å². The zero-order valence-corrected chi connectivity index (χ0v) is 18.1. The Balaban J connectivity index is 2.22. The van der Waals surface area contributed by atoms with Crippen LogP contribution in [0.2, 0.25) is 0 Å². The molecule has 0 aliphatic rings. The topological polar surface area (TPSA) is 25.2 Å². The largest absolute Gasteiger partial charge is 0.345 e. The summed E-state index contributed by atoms with van der Waals surface area (Å²) in [5.74, 6) is 0.668. The van der Waals surface area contributed by atoms with E-state index in [0.717, 1.165) is 6.54 Å². The van der Waals surface area contributed by atoms with Crippen molar-refractivity contribution in [2.75, 3.05) is 0 Å². The van der Waals surface area contributed by atoms with Crippen LogP contribution < -0.4 is 0 Å². The predicted octanol–water partition coefficient (Wildman–Crippen LogP) is 5.65. The summed E-state index contributed by atoms with van der Waals surface area (Å²) in [6, 6.07) is 13.0. The average Bonchev–Trinajstić information content (AvgIpc) is 2.97. The molecule has 0 N–H and O–H groups in total. The van der Waals surface area contributed by atoms with Gasteiger partial charge in [-0.1, -0.05) is 64.4 Å². The molecule has 3 heteroatoms. The fourth-order valence-corrected chi connectivity index (χ4v) is 3.30. The summed E-state index contributed by atoms with van der Waals surface area (Å²) in [7, 11) is 0. The van der Waals surface area contributed by atoms with Gasteiger partial charge in [-0.15, -0.1) is 0 Å². The Morgan fingerprint density at radius 1 is 1.11 bits per heavy atom. The van der Waals surface area contributed by atoms with Crippen molar-refractivity contribution in [3.63, 3.8) is 0 Å². The van der Waals surface area contributed by atoms with E-state index in [0.29, 0.717) is 18.9 Å². The van der Waals surface area contributed by atoms with Gasteiger partial charge in [-0.25, -0.2) is 0 Å². The molecule has 0 aliphatic heterocycles. The second-order valence-corrected chi connectivity index (χ2v) is 9.36. The SMILES string of the molecule is Cc1cccc(Cn2cccc2CN(C(=O)CC(C)(C)C)C(C)C(C)C)c1. The van der Waals surface area contributed by atoms with Crippen LogP contribution in [0, 0.1) is 18.3 Å². The van der Waals surface area contributed by atoms with E-state index < -0.39 is 0 Å². The van der Waals surface area contributed by atoms with E-state index >= 15 is 0 Å². The molecule has 1 unspecified atom stereocenters. The van der Waals surface area contributed by atoms with Gasteiger partial charge in [0.15, 0.2) is 0 Å². The summed E-state index contributed by atoms with van der Waals surface area (Å²) in [4.78, 5) is 15.1. The molecule has 1 aromatic carbocycles. The molecular formula is C24H36N2O. The highest BCUT2D eigenvalue weighted by molar-refractivity contribution is 5.77. The molecule has 2 rings (SSSR count). The second-order valence-electron chi connectivity index (χ2n) is 9.36. The Kier molecular flexibility index (Phi) is 6.91. The molecule has 0 fully saturated rings. The van der Waals surface area contributed by atoms with E-state index in [4.69, 9.17) is 0 Å². The first kappa shape index (κ1) is 21.3. The number of carbonyl (C=O) groups is 1. The lowest BCUT2D eigenvalue weighted by molar-refractivity contribution is -0.136. The van der Waals surface area contributed by atoms with Crippen molar-refractivity contribution < 1.29 is 4.79 Å². The third kappa shape index (κ3) is 6.27. The predicted molar refractivity (Wildman–Crippen MR) is 114 cm³/mol. The standard InChI is InChI=1S/C24H36N2O/c1-18(2)20(4)26(23(27)15-24(5,6)7)17-22-12-9-13-25(22)16-21-11-8-10-19(3)14-21/h8-14,18,20H,15-17H2,1-7H3. The number of nitrogens with zero attached hydrogens (tertiary/aromatic N) is 2. The summed E-state index contributed by atoms with van der Waals surface area (Å²) in [6.07, 6.45) is 2.69. The summed E-state index contributed by atoms with van der Waals surface area (Å²) in [5.41, 5.74) is 3.75. The summed E-state index contributed by atoms with van der Waals surface area (Å²) >= 11 is 0. The molecular weight excluding hydrogens is 332 g/mol. The van der Waals surface area contributed by atoms with E-state index in [1.165, 1.54) is 16.8 Å². The van der Waals surface area contributed by atoms with E-state index in [1.807, 2.05) is 0 Å². The third-order valence-corrected chi connectivity index (χ3v) is 5.15. The van der Waals surface area contributed by atoms with Gasteiger partial charge in [-0.2, -0.15) is 0 Å². The van der Waals surface area contributed by atoms with Gasteiger partial charge >= 0.3 is 0 Å². The molecule has 3 nitrogen and oxygen atoms in total. The van der Waals surface area contributed by atoms with Crippen LogP contribution in [0.1, 0.15) is 64.8 Å². The maximum absolute atomic E-state index is 13.1. The highest BCUT2D eigenvalue weighted by Crippen LogP contribution is 2.24. The van der Waals surface area contributed by atoms with Gasteiger partial charge in [0.05, 0.1) is 6.54 Å². The molecule has 1 amide bonds. The van der Waals surface area contributed by atoms with Crippen molar-refractivity contribution in [3.8, 4) is 0 Å². The number of carbonyl (C=O) groups excluding carboxylic acids is 1. The Morgan fingerprint density at radius 2 is 1.81 bits per heavy atom. The van der Waals surface area contributed by atoms with Crippen LogP contribution in [0.3, 0.4) is 0 Å². The monoisotopic (exact) mass is 368 g/mol. The van der Waals surface area contributed by atoms with Gasteiger partial charge in [0.25, 0.3) is 0 Å². The van der Waals surface area contributed by atoms with Gasteiger partial charge < -0.3 is 9.47 Å². The highest BCUT2D eigenvalue weighted by Gasteiger charge is 2.27. The first-order valence-electron chi connectivity index (χ1n) is 10.1. The quantitative estimate of drug-likeness (QED) is 0.619. The molecule has 27 heavy (non-hydrogen) atoms. The zero-order chi connectivity index (χ0) is 20.2. The second kappa shape index (κ2) is 8.77. The fraction of sp³-hybridized carbons (Fsp3) is 0.542. The molecule has 1 atom stereocenters. The Bertz CT molecular complexity index is 752. The number of benzene rings is 1. The highest BCUT2D eigenvalue weighted by atomic mass is 16.2. The number of aryl methyl sites for hydroxylation is 1. The summed E-state index contributed by atoms with van der Waals surface area (Å²) < 4.78 is 2.26. The number of amides is 1. The number of aromatic nitrogens is 1. The average molecular weight is 369 g/mol. The van der Waals surface area contributed by atoms with Crippen LogP contribution in [0.5, 0.6) is 0 Å². The van der Waals surface area contributed by atoms with Gasteiger partial charge in [-0.3, -0.25) is 4.79 Å². The van der Waals surface area contributed by atoms with Crippen molar-refractivity contribution in [3.05, 3.63) is 59.4 Å². The lowest BCUT2D eigenvalue weighted by atomic mass is 9.91. The van der Waals surface area contributed by atoms with Crippen LogP contribution in [-0.4, -0.2) is 21.4 Å². The van der Waals surface area contributed by atoms with Crippen molar-refractivity contribution in [1.29, 1.82) is 0 Å². The Morgan fingerprint density at radius 3 is 2.41 bits per heavy atom. The Hall–Kier alpha value is -2.03. The third-order valence-electron chi connectivity index (χ3n) is 5.15. The van der Waals surface area contributed by atoms with E-state index in [1.54, 1.807) is 0 Å². The fourth-order valence-electron chi connectivity index (χ4n) is 3.30. The molecule has 0 radical (unpaired) electrons. The maximum Gasteiger partial charge on any atom is 0.223 e. The molecule has 148 valence electrons. The molecule has 1 heterocycles. The van der Waals surface area contributed by atoms with E-state index in [9.17, 15) is 4.79 Å². The molecule has 0 saturated carbocycles. The van der Waals surface area contributed by atoms with Crippen molar-refractivity contribution >= 4 is 5.91 Å². The number of hydrogen-bond acceptors (Lipinski definition) is 1. The van der Waals surface area contributed by atoms with Gasteiger partial charge in [0, 0.05) is 30.9 Å². The smallest absolute Gasteiger partial charge is 0.223 e. The lowest BCUT2D eigenvalue weighted by Gasteiger charge is -2.34. The Labute approximate surface area is 165 Å². The van der Waals surface area contributed by atoms with Crippen LogP contribution in [0.15, 0.2) is 42.6 Å². The molecule has 0 spiro atoms. The van der Waals surface area contributed by atoms with Gasteiger partial charge in [-0.05, 0) is 42.9 Å². The molecule has 1 aromatic heterocycles. The van der Waals surface area contributed by atoms with Crippen molar-refractivity contribution in [2.45, 2.75) is 74.0 Å². The minimum absolute atomic E-state index is 0.00437. The van der Waals surface area contributed by atoms with Crippen LogP contribution in [-0.2, 0) is 17.9 Å². The van der Waals surface area contributed by atoms with E-state index in [-0.39, 0.29) is 17.4 Å². The number of hydrogen-bond donors (Lipinski definition) is 0. The maximum atomic E-state index is 13.1. The van der Waals surface area contributed by atoms with Crippen molar-refractivity contribution in [2.24, 2.45) is 11.3 Å². The summed E-state index contributed by atoms with van der Waals surface area (Å²) in [5, 5.41) is 0. The van der Waals surface area contributed by atoms with Crippen LogP contribution in [0.4, 0.5) is 0 Å². The normalized spacial score (nSPS) is 13.0. The van der Waals surface area contributed by atoms with Crippen molar-refractivity contribution in [1.82, 2.24) is 9.47 Å². The molecule has 0 aliphatic carbocycles.